The number of carbonyl (C=O) groups excluding carboxylic acids is 2. The Kier molecular flexibility index (Phi) is 8.05. The molecule has 2 amide bonds. The van der Waals surface area contributed by atoms with Gasteiger partial charge in [0.15, 0.2) is 5.60 Å². The Morgan fingerprint density at radius 2 is 1.62 bits per heavy atom. The van der Waals surface area contributed by atoms with Gasteiger partial charge in [-0.05, 0) is 55.4 Å². The number of hydrogen-bond acceptors (Lipinski definition) is 4. The van der Waals surface area contributed by atoms with Gasteiger partial charge in [0.1, 0.15) is 0 Å². The molecule has 0 aromatic heterocycles. The number of benzene rings is 2. The molecule has 0 saturated heterocycles. The van der Waals surface area contributed by atoms with E-state index in [-0.39, 0.29) is 17.0 Å². The van der Waals surface area contributed by atoms with Gasteiger partial charge in [-0.2, -0.15) is 0 Å². The Balaban J connectivity index is 2.31. The topological polar surface area (TPSA) is 81.7 Å². The Morgan fingerprint density at radius 3 is 2.17 bits per heavy atom. The van der Waals surface area contributed by atoms with Crippen LogP contribution in [0.2, 0.25) is 10.0 Å². The number of rotatable bonds is 7. The molecule has 3 N–H and O–H groups in total. The van der Waals surface area contributed by atoms with E-state index in [0.717, 1.165) is 0 Å². The molecular weight excluding hydrogens is 413 g/mol. The lowest BCUT2D eigenvalue weighted by Crippen LogP contribution is -2.56. The number of aliphatic hydroxyl groups is 1. The van der Waals surface area contributed by atoms with Gasteiger partial charge in [-0.3, -0.25) is 25.3 Å². The van der Waals surface area contributed by atoms with Crippen LogP contribution in [0.3, 0.4) is 0 Å². The van der Waals surface area contributed by atoms with Crippen LogP contribution in [-0.4, -0.2) is 41.0 Å². The van der Waals surface area contributed by atoms with E-state index in [1.807, 2.05) is 18.7 Å². The second kappa shape index (κ2) is 10.1. The summed E-state index contributed by atoms with van der Waals surface area (Å²) in [4.78, 5) is 27.4. The Hall–Kier alpha value is -2.12. The summed E-state index contributed by atoms with van der Waals surface area (Å²) in [7, 11) is 0. The molecule has 2 aromatic rings. The molecular formula is C21H25Cl2N3O3. The van der Waals surface area contributed by atoms with Crippen molar-refractivity contribution in [2.75, 3.05) is 13.1 Å². The second-order valence-electron chi connectivity index (χ2n) is 6.57. The number of halogens is 2. The number of amides is 2. The molecule has 0 bridgehead atoms. The zero-order valence-electron chi connectivity index (χ0n) is 16.6. The van der Waals surface area contributed by atoms with Gasteiger partial charge in [0.05, 0.1) is 6.04 Å². The summed E-state index contributed by atoms with van der Waals surface area (Å²) in [6, 6.07) is 12.1. The molecule has 2 rings (SSSR count). The van der Waals surface area contributed by atoms with Crippen LogP contribution in [0.25, 0.3) is 0 Å². The molecule has 6 nitrogen and oxygen atoms in total. The van der Waals surface area contributed by atoms with Crippen LogP contribution in [0.15, 0.2) is 48.5 Å². The van der Waals surface area contributed by atoms with Gasteiger partial charge in [-0.1, -0.05) is 61.3 Å². The minimum atomic E-state index is -2.08. The molecule has 29 heavy (non-hydrogen) atoms. The van der Waals surface area contributed by atoms with Crippen LogP contribution in [-0.2, 0) is 15.2 Å². The molecule has 8 heteroatoms. The smallest absolute Gasteiger partial charge is 0.279 e. The first kappa shape index (κ1) is 23.2. The SMILES string of the molecule is CCN(CC)C(C)C(=O)NNC(=O)C(O)(c1ccc(Cl)cc1)c1cccc(Cl)c1. The van der Waals surface area contributed by atoms with E-state index in [9.17, 15) is 14.7 Å². The number of nitrogens with one attached hydrogen (secondary N) is 2. The van der Waals surface area contributed by atoms with Gasteiger partial charge >= 0.3 is 0 Å². The van der Waals surface area contributed by atoms with Gasteiger partial charge < -0.3 is 5.11 Å². The molecule has 156 valence electrons. The van der Waals surface area contributed by atoms with E-state index in [2.05, 4.69) is 10.9 Å². The first-order valence-electron chi connectivity index (χ1n) is 9.32. The average Bonchev–Trinajstić information content (AvgIpc) is 2.72. The van der Waals surface area contributed by atoms with Crippen LogP contribution in [0.1, 0.15) is 31.9 Å². The van der Waals surface area contributed by atoms with Gasteiger partial charge in [0.25, 0.3) is 11.8 Å². The monoisotopic (exact) mass is 437 g/mol. The summed E-state index contributed by atoms with van der Waals surface area (Å²) in [5.41, 5.74) is 3.21. The van der Waals surface area contributed by atoms with Crippen molar-refractivity contribution < 1.29 is 14.7 Å². The third kappa shape index (κ3) is 5.28. The fraction of sp³-hybridized carbons (Fsp3) is 0.333. The van der Waals surface area contributed by atoms with Crippen molar-refractivity contribution in [2.45, 2.75) is 32.4 Å². The van der Waals surface area contributed by atoms with Crippen LogP contribution in [0.5, 0.6) is 0 Å². The maximum atomic E-state index is 13.0. The summed E-state index contributed by atoms with van der Waals surface area (Å²) in [6.45, 7) is 7.03. The number of likely N-dealkylation sites (N-methyl/N-ethyl adjacent to an activating group) is 1. The molecule has 2 atom stereocenters. The fourth-order valence-corrected chi connectivity index (χ4v) is 3.40. The lowest BCUT2D eigenvalue weighted by molar-refractivity contribution is -0.141. The number of hydrazine groups is 1. The zero-order valence-corrected chi connectivity index (χ0v) is 18.1. The van der Waals surface area contributed by atoms with Crippen molar-refractivity contribution in [3.05, 3.63) is 69.7 Å². The van der Waals surface area contributed by atoms with Crippen LogP contribution >= 0.6 is 23.2 Å². The van der Waals surface area contributed by atoms with Gasteiger partial charge in [0, 0.05) is 10.0 Å². The molecule has 0 aliphatic rings. The van der Waals surface area contributed by atoms with Crippen LogP contribution in [0, 0.1) is 0 Å². The third-order valence-corrected chi connectivity index (χ3v) is 5.36. The molecule has 2 aromatic carbocycles. The Morgan fingerprint density at radius 1 is 1.00 bits per heavy atom. The summed E-state index contributed by atoms with van der Waals surface area (Å²) in [5.74, 6) is -1.20. The fourth-order valence-electron chi connectivity index (χ4n) is 3.08. The van der Waals surface area contributed by atoms with E-state index in [1.54, 1.807) is 49.4 Å². The minimum absolute atomic E-state index is 0.260. The highest BCUT2D eigenvalue weighted by Gasteiger charge is 2.40. The lowest BCUT2D eigenvalue weighted by atomic mass is 9.85. The molecule has 0 fully saturated rings. The maximum absolute atomic E-state index is 13.0. The number of hydrogen-bond donors (Lipinski definition) is 3. The summed E-state index contributed by atoms with van der Waals surface area (Å²) >= 11 is 12.0. The van der Waals surface area contributed by atoms with Crippen molar-refractivity contribution in [1.82, 2.24) is 15.8 Å². The first-order valence-corrected chi connectivity index (χ1v) is 10.1. The predicted octanol–water partition coefficient (Wildman–Crippen LogP) is 3.11. The second-order valence-corrected chi connectivity index (χ2v) is 7.44. The van der Waals surface area contributed by atoms with Gasteiger partial charge in [-0.15, -0.1) is 0 Å². The quantitative estimate of drug-likeness (QED) is 0.581. The molecule has 0 spiro atoms. The Labute approximate surface area is 180 Å². The molecule has 0 radical (unpaired) electrons. The highest BCUT2D eigenvalue weighted by Crippen LogP contribution is 2.32. The van der Waals surface area contributed by atoms with Crippen LogP contribution < -0.4 is 10.9 Å². The Bertz CT molecular complexity index is 857. The van der Waals surface area contributed by atoms with Gasteiger partial charge in [0.2, 0.25) is 0 Å². The first-order chi connectivity index (χ1) is 13.7. The van der Waals surface area contributed by atoms with Crippen molar-refractivity contribution >= 4 is 35.0 Å². The van der Waals surface area contributed by atoms with E-state index >= 15 is 0 Å². The van der Waals surface area contributed by atoms with Gasteiger partial charge in [-0.25, -0.2) is 0 Å². The standard InChI is InChI=1S/C21H25Cl2N3O3/c1-4-26(5-2)14(3)19(27)24-25-20(28)21(29,15-9-11-17(22)12-10-15)16-7-6-8-18(23)13-16/h6-14,29H,4-5H2,1-3H3,(H,24,27)(H,25,28). The van der Waals surface area contributed by atoms with E-state index in [0.29, 0.717) is 23.1 Å². The van der Waals surface area contributed by atoms with E-state index in [4.69, 9.17) is 23.2 Å². The summed E-state index contributed by atoms with van der Waals surface area (Å²) in [5, 5.41) is 12.2. The lowest BCUT2D eigenvalue weighted by Gasteiger charge is -2.29. The molecule has 0 heterocycles. The third-order valence-electron chi connectivity index (χ3n) is 4.87. The van der Waals surface area contributed by atoms with Crippen molar-refractivity contribution in [3.8, 4) is 0 Å². The van der Waals surface area contributed by atoms with Crippen molar-refractivity contribution in [3.63, 3.8) is 0 Å². The highest BCUT2D eigenvalue weighted by atomic mass is 35.5. The summed E-state index contributed by atoms with van der Waals surface area (Å²) in [6.07, 6.45) is 0. The normalized spacial score (nSPS) is 14.2. The maximum Gasteiger partial charge on any atom is 0.279 e. The van der Waals surface area contributed by atoms with E-state index < -0.39 is 17.6 Å². The minimum Gasteiger partial charge on any atom is -0.372 e. The summed E-state index contributed by atoms with van der Waals surface area (Å²) < 4.78 is 0. The van der Waals surface area contributed by atoms with E-state index in [1.165, 1.54) is 6.07 Å². The van der Waals surface area contributed by atoms with Crippen molar-refractivity contribution in [2.24, 2.45) is 0 Å². The largest absolute Gasteiger partial charge is 0.372 e. The van der Waals surface area contributed by atoms with Crippen molar-refractivity contribution in [1.29, 1.82) is 0 Å². The predicted molar refractivity (Wildman–Crippen MR) is 115 cm³/mol. The highest BCUT2D eigenvalue weighted by molar-refractivity contribution is 6.31. The molecule has 0 saturated carbocycles. The molecule has 2 unspecified atom stereocenters. The molecule has 0 aliphatic carbocycles. The average molecular weight is 438 g/mol. The van der Waals surface area contributed by atoms with Crippen LogP contribution in [0.4, 0.5) is 0 Å². The molecule has 0 aliphatic heterocycles. The zero-order chi connectivity index (χ0) is 21.6. The number of carbonyl (C=O) groups is 2. The number of nitrogens with zero attached hydrogens (tertiary/aromatic N) is 1.